The van der Waals surface area contributed by atoms with Crippen LogP contribution in [0.1, 0.15) is 10.5 Å². The average molecular weight is 261 g/mol. The number of benzene rings is 1. The molecule has 1 aromatic carbocycles. The van der Waals surface area contributed by atoms with Crippen LogP contribution in [0.5, 0.6) is 0 Å². The maximum absolute atomic E-state index is 10.9. The fourth-order valence-corrected chi connectivity index (χ4v) is 2.25. The predicted octanol–water partition coefficient (Wildman–Crippen LogP) is 1.86. The van der Waals surface area contributed by atoms with Gasteiger partial charge in [0.2, 0.25) is 0 Å². The number of carbonyl (C=O) groups is 1. The van der Waals surface area contributed by atoms with Crippen molar-refractivity contribution in [1.82, 2.24) is 20.4 Å². The Balaban J connectivity index is 1.95. The molecule has 0 unspecified atom stereocenters. The molecule has 0 bridgehead atoms. The van der Waals surface area contributed by atoms with Gasteiger partial charge in [0.15, 0.2) is 11.5 Å². The van der Waals surface area contributed by atoms with Crippen LogP contribution in [-0.2, 0) is 0 Å². The van der Waals surface area contributed by atoms with E-state index in [2.05, 4.69) is 25.7 Å². The van der Waals surface area contributed by atoms with Crippen LogP contribution < -0.4 is 5.32 Å². The van der Waals surface area contributed by atoms with E-state index in [-0.39, 0.29) is 11.5 Å². The van der Waals surface area contributed by atoms with Crippen molar-refractivity contribution < 1.29 is 9.90 Å². The highest BCUT2D eigenvalue weighted by Crippen LogP contribution is 2.24. The van der Waals surface area contributed by atoms with Crippen LogP contribution in [0.2, 0.25) is 0 Å². The first-order chi connectivity index (χ1) is 8.74. The summed E-state index contributed by atoms with van der Waals surface area (Å²) >= 11 is 1.51. The van der Waals surface area contributed by atoms with Crippen LogP contribution >= 0.6 is 11.3 Å². The minimum atomic E-state index is -1.11. The highest BCUT2D eigenvalue weighted by atomic mass is 32.1. The molecule has 8 heteroatoms. The Morgan fingerprint density at radius 3 is 3.17 bits per heavy atom. The van der Waals surface area contributed by atoms with Gasteiger partial charge in [-0.3, -0.25) is 0 Å². The number of aromatic carboxylic acids is 1. The summed E-state index contributed by atoms with van der Waals surface area (Å²) in [4.78, 5) is 15.1. The van der Waals surface area contributed by atoms with Crippen molar-refractivity contribution in [2.75, 3.05) is 5.32 Å². The zero-order chi connectivity index (χ0) is 12.5. The van der Waals surface area contributed by atoms with E-state index >= 15 is 0 Å². The summed E-state index contributed by atoms with van der Waals surface area (Å²) in [5, 5.41) is 21.3. The van der Waals surface area contributed by atoms with E-state index in [0.717, 1.165) is 15.9 Å². The standard InChI is InChI=1S/C10H7N5O2S/c16-10(17)8-9(14-15-13-8)12-5-1-2-6-7(3-5)18-4-11-6/h1-4H,(H,16,17)(H2,12,13,14,15). The first-order valence-electron chi connectivity index (χ1n) is 4.98. The second-order valence-corrected chi connectivity index (χ2v) is 4.39. The fourth-order valence-electron chi connectivity index (χ4n) is 1.53. The van der Waals surface area contributed by atoms with Crippen LogP contribution in [0.3, 0.4) is 0 Å². The van der Waals surface area contributed by atoms with Crippen LogP contribution in [0, 0.1) is 0 Å². The highest BCUT2D eigenvalue weighted by molar-refractivity contribution is 7.16. The minimum Gasteiger partial charge on any atom is -0.476 e. The normalized spacial score (nSPS) is 10.7. The highest BCUT2D eigenvalue weighted by Gasteiger charge is 2.14. The number of carboxylic acids is 1. The van der Waals surface area contributed by atoms with E-state index in [1.807, 2.05) is 18.2 Å². The van der Waals surface area contributed by atoms with Crippen LogP contribution in [0.15, 0.2) is 23.7 Å². The minimum absolute atomic E-state index is 0.0700. The van der Waals surface area contributed by atoms with Gasteiger partial charge in [-0.2, -0.15) is 0 Å². The van der Waals surface area contributed by atoms with Crippen molar-refractivity contribution in [3.05, 3.63) is 29.4 Å². The molecular formula is C10H7N5O2S. The Morgan fingerprint density at radius 2 is 2.33 bits per heavy atom. The summed E-state index contributed by atoms with van der Waals surface area (Å²) < 4.78 is 1.01. The van der Waals surface area contributed by atoms with Crippen molar-refractivity contribution in [2.24, 2.45) is 0 Å². The van der Waals surface area contributed by atoms with Crippen molar-refractivity contribution >= 4 is 39.0 Å². The SMILES string of the molecule is O=C(O)c1[nH]nnc1Nc1ccc2ncsc2c1. The molecule has 0 radical (unpaired) electrons. The van der Waals surface area contributed by atoms with Crippen molar-refractivity contribution in [3.8, 4) is 0 Å². The average Bonchev–Trinajstić information content (AvgIpc) is 2.96. The molecule has 0 spiro atoms. The number of H-pyrrole nitrogens is 1. The van der Waals surface area contributed by atoms with Gasteiger partial charge < -0.3 is 10.4 Å². The molecule has 0 saturated carbocycles. The van der Waals surface area contributed by atoms with Crippen LogP contribution in [0.25, 0.3) is 10.2 Å². The van der Waals surface area contributed by atoms with E-state index in [1.54, 1.807) is 5.51 Å². The summed E-state index contributed by atoms with van der Waals surface area (Å²) in [5.74, 6) is -0.923. The lowest BCUT2D eigenvalue weighted by atomic mass is 10.3. The second kappa shape index (κ2) is 4.08. The van der Waals surface area contributed by atoms with Gasteiger partial charge in [-0.25, -0.2) is 14.9 Å². The lowest BCUT2D eigenvalue weighted by Gasteiger charge is -2.02. The molecule has 0 atom stereocenters. The number of fused-ring (bicyclic) bond motifs is 1. The van der Waals surface area contributed by atoms with E-state index in [0.29, 0.717) is 0 Å². The second-order valence-electron chi connectivity index (χ2n) is 3.50. The van der Waals surface area contributed by atoms with Gasteiger partial charge in [-0.1, -0.05) is 5.21 Å². The van der Waals surface area contributed by atoms with Gasteiger partial charge in [0.05, 0.1) is 15.7 Å². The topological polar surface area (TPSA) is 104 Å². The van der Waals surface area contributed by atoms with Crippen molar-refractivity contribution in [3.63, 3.8) is 0 Å². The predicted molar refractivity (Wildman–Crippen MR) is 66.2 cm³/mol. The molecule has 0 amide bonds. The van der Waals surface area contributed by atoms with Crippen LogP contribution in [0.4, 0.5) is 11.5 Å². The number of thiazole rings is 1. The van der Waals surface area contributed by atoms with Gasteiger partial charge >= 0.3 is 5.97 Å². The quantitative estimate of drug-likeness (QED) is 0.664. The third kappa shape index (κ3) is 1.78. The smallest absolute Gasteiger partial charge is 0.357 e. The third-order valence-electron chi connectivity index (χ3n) is 2.36. The molecular weight excluding hydrogens is 254 g/mol. The molecule has 7 nitrogen and oxygen atoms in total. The Labute approximate surface area is 104 Å². The molecule has 3 rings (SSSR count). The molecule has 3 N–H and O–H groups in total. The Kier molecular flexibility index (Phi) is 2.41. The maximum atomic E-state index is 10.9. The Bertz CT molecular complexity index is 720. The molecule has 2 aromatic heterocycles. The van der Waals surface area contributed by atoms with E-state index in [9.17, 15) is 4.79 Å². The van der Waals surface area contributed by atoms with Gasteiger partial charge in [0.25, 0.3) is 0 Å². The van der Waals surface area contributed by atoms with Crippen molar-refractivity contribution in [2.45, 2.75) is 0 Å². The van der Waals surface area contributed by atoms with Crippen LogP contribution in [-0.4, -0.2) is 31.5 Å². The van der Waals surface area contributed by atoms with E-state index in [4.69, 9.17) is 5.11 Å². The monoisotopic (exact) mass is 261 g/mol. The van der Waals surface area contributed by atoms with Crippen molar-refractivity contribution in [1.29, 1.82) is 0 Å². The number of carboxylic acid groups (broad SMARTS) is 1. The molecule has 90 valence electrons. The molecule has 0 aliphatic carbocycles. The number of hydrogen-bond donors (Lipinski definition) is 3. The molecule has 0 saturated heterocycles. The zero-order valence-corrected chi connectivity index (χ0v) is 9.73. The number of aromatic amines is 1. The molecule has 3 aromatic rings. The van der Waals surface area contributed by atoms with Gasteiger partial charge in [0, 0.05) is 5.69 Å². The number of nitrogens with one attached hydrogen (secondary N) is 2. The Hall–Kier alpha value is -2.48. The largest absolute Gasteiger partial charge is 0.476 e. The van der Waals surface area contributed by atoms with E-state index in [1.165, 1.54) is 11.3 Å². The van der Waals surface area contributed by atoms with Gasteiger partial charge in [-0.15, -0.1) is 16.4 Å². The molecule has 0 aliphatic heterocycles. The van der Waals surface area contributed by atoms with Gasteiger partial charge in [-0.05, 0) is 18.2 Å². The summed E-state index contributed by atoms with van der Waals surface area (Å²) in [6, 6.07) is 5.55. The first-order valence-corrected chi connectivity index (χ1v) is 5.86. The molecule has 18 heavy (non-hydrogen) atoms. The third-order valence-corrected chi connectivity index (χ3v) is 3.15. The number of nitrogens with zero attached hydrogens (tertiary/aromatic N) is 3. The first kappa shape index (κ1) is 10.7. The molecule has 2 heterocycles. The number of anilines is 2. The molecule has 0 fully saturated rings. The number of hydrogen-bond acceptors (Lipinski definition) is 6. The number of rotatable bonds is 3. The zero-order valence-electron chi connectivity index (χ0n) is 8.91. The van der Waals surface area contributed by atoms with E-state index < -0.39 is 5.97 Å². The fraction of sp³-hybridized carbons (Fsp3) is 0. The summed E-state index contributed by atoms with van der Waals surface area (Å²) in [6.07, 6.45) is 0. The number of aromatic nitrogens is 4. The Morgan fingerprint density at radius 1 is 1.44 bits per heavy atom. The maximum Gasteiger partial charge on any atom is 0.357 e. The van der Waals surface area contributed by atoms with Gasteiger partial charge in [0.1, 0.15) is 0 Å². The lowest BCUT2D eigenvalue weighted by Crippen LogP contribution is -2.02. The summed E-state index contributed by atoms with van der Waals surface area (Å²) in [5.41, 5.74) is 3.33. The summed E-state index contributed by atoms with van der Waals surface area (Å²) in [7, 11) is 0. The lowest BCUT2D eigenvalue weighted by molar-refractivity contribution is 0.0691. The molecule has 0 aliphatic rings. The summed E-state index contributed by atoms with van der Waals surface area (Å²) in [6.45, 7) is 0.